The Morgan fingerprint density at radius 2 is 1.77 bits per heavy atom. The lowest BCUT2D eigenvalue weighted by atomic mass is 10.1. The third-order valence-corrected chi connectivity index (χ3v) is 3.48. The number of amides is 1. The maximum Gasteiger partial charge on any atom is 0.231 e. The largest absolute Gasteiger partial charge is 0.454 e. The Morgan fingerprint density at radius 3 is 2.59 bits per heavy atom. The lowest BCUT2D eigenvalue weighted by Crippen LogP contribution is -2.22. The van der Waals surface area contributed by atoms with E-state index in [1.807, 2.05) is 18.2 Å². The fourth-order valence-corrected chi connectivity index (χ4v) is 2.25. The molecule has 0 unspecified atom stereocenters. The van der Waals surface area contributed by atoms with Crippen LogP contribution in [0.2, 0.25) is 0 Å². The topological polar surface area (TPSA) is 47.6 Å². The second-order valence-electron chi connectivity index (χ2n) is 5.09. The van der Waals surface area contributed by atoms with Gasteiger partial charge >= 0.3 is 0 Å². The molecule has 1 aliphatic heterocycles. The molecule has 114 valence electrons. The highest BCUT2D eigenvalue weighted by Gasteiger charge is 2.13. The van der Waals surface area contributed by atoms with Gasteiger partial charge < -0.3 is 14.8 Å². The zero-order chi connectivity index (χ0) is 15.4. The number of halogens is 1. The van der Waals surface area contributed by atoms with Crippen molar-refractivity contribution in [2.45, 2.75) is 19.4 Å². The van der Waals surface area contributed by atoms with Gasteiger partial charge in [-0.05, 0) is 41.8 Å². The van der Waals surface area contributed by atoms with Gasteiger partial charge in [0.1, 0.15) is 5.82 Å². The second kappa shape index (κ2) is 6.47. The summed E-state index contributed by atoms with van der Waals surface area (Å²) in [5.74, 6) is 1.15. The van der Waals surface area contributed by atoms with Crippen molar-refractivity contribution in [3.63, 3.8) is 0 Å². The maximum absolute atomic E-state index is 12.8. The van der Waals surface area contributed by atoms with Crippen molar-refractivity contribution in [1.29, 1.82) is 0 Å². The molecule has 0 aromatic heterocycles. The van der Waals surface area contributed by atoms with E-state index in [1.165, 1.54) is 12.1 Å². The number of nitrogens with one attached hydrogen (secondary N) is 1. The molecule has 1 aliphatic rings. The van der Waals surface area contributed by atoms with Gasteiger partial charge in [-0.3, -0.25) is 4.79 Å². The molecule has 0 saturated heterocycles. The number of benzene rings is 2. The lowest BCUT2D eigenvalue weighted by Gasteiger charge is -2.06. The first kappa shape index (κ1) is 14.4. The van der Waals surface area contributed by atoms with Crippen LogP contribution in [0.3, 0.4) is 0 Å². The Hall–Kier alpha value is -2.56. The van der Waals surface area contributed by atoms with E-state index in [1.54, 1.807) is 12.1 Å². The fraction of sp³-hybridized carbons (Fsp3) is 0.235. The van der Waals surface area contributed by atoms with Crippen LogP contribution in [0.15, 0.2) is 42.5 Å². The van der Waals surface area contributed by atoms with Gasteiger partial charge in [0.05, 0.1) is 0 Å². The lowest BCUT2D eigenvalue weighted by molar-refractivity contribution is -0.121. The number of ether oxygens (including phenoxy) is 2. The van der Waals surface area contributed by atoms with E-state index in [0.29, 0.717) is 19.4 Å². The summed E-state index contributed by atoms with van der Waals surface area (Å²) >= 11 is 0. The summed E-state index contributed by atoms with van der Waals surface area (Å²) in [5.41, 5.74) is 1.90. The number of rotatable bonds is 5. The molecular formula is C17H16FNO3. The molecule has 1 amide bonds. The zero-order valence-electron chi connectivity index (χ0n) is 12.0. The van der Waals surface area contributed by atoms with E-state index in [0.717, 1.165) is 22.6 Å². The van der Waals surface area contributed by atoms with Crippen molar-refractivity contribution in [3.8, 4) is 11.5 Å². The summed E-state index contributed by atoms with van der Waals surface area (Å²) in [5, 5.41) is 2.82. The standard InChI is InChI=1S/C17H16FNO3/c18-14-5-1-13(2-6-14)10-19-17(20)8-4-12-3-7-15-16(9-12)22-11-21-15/h1-3,5-7,9H,4,8,10-11H2,(H,19,20). The van der Waals surface area contributed by atoms with Gasteiger partial charge in [0.2, 0.25) is 12.7 Å². The summed E-state index contributed by atoms with van der Waals surface area (Å²) < 4.78 is 23.3. The Morgan fingerprint density at radius 1 is 1.05 bits per heavy atom. The number of carbonyl (C=O) groups excluding carboxylic acids is 1. The van der Waals surface area contributed by atoms with Crippen LogP contribution in [-0.2, 0) is 17.8 Å². The molecule has 5 heteroatoms. The number of aryl methyl sites for hydroxylation is 1. The van der Waals surface area contributed by atoms with Crippen LogP contribution in [-0.4, -0.2) is 12.7 Å². The van der Waals surface area contributed by atoms with E-state index >= 15 is 0 Å². The van der Waals surface area contributed by atoms with Crippen molar-refractivity contribution in [2.24, 2.45) is 0 Å². The highest BCUT2D eigenvalue weighted by molar-refractivity contribution is 5.76. The van der Waals surface area contributed by atoms with E-state index < -0.39 is 0 Å². The fourth-order valence-electron chi connectivity index (χ4n) is 2.25. The van der Waals surface area contributed by atoms with Crippen molar-refractivity contribution in [3.05, 3.63) is 59.4 Å². The zero-order valence-corrected chi connectivity index (χ0v) is 12.0. The molecule has 0 atom stereocenters. The molecule has 1 heterocycles. The molecule has 3 rings (SSSR count). The first-order chi connectivity index (χ1) is 10.7. The summed E-state index contributed by atoms with van der Waals surface area (Å²) in [4.78, 5) is 11.8. The number of hydrogen-bond donors (Lipinski definition) is 1. The average molecular weight is 301 g/mol. The van der Waals surface area contributed by atoms with Crippen LogP contribution in [0.4, 0.5) is 4.39 Å². The minimum Gasteiger partial charge on any atom is -0.454 e. The maximum atomic E-state index is 12.8. The highest BCUT2D eigenvalue weighted by Crippen LogP contribution is 2.32. The SMILES string of the molecule is O=C(CCc1ccc2c(c1)OCO2)NCc1ccc(F)cc1. The predicted molar refractivity (Wildman–Crippen MR) is 79.1 cm³/mol. The first-order valence-corrected chi connectivity index (χ1v) is 7.10. The summed E-state index contributed by atoms with van der Waals surface area (Å²) in [6.07, 6.45) is 1.02. The molecule has 0 spiro atoms. The molecular weight excluding hydrogens is 285 g/mol. The van der Waals surface area contributed by atoms with Gasteiger partial charge in [0.25, 0.3) is 0 Å². The molecule has 4 nitrogen and oxygen atoms in total. The molecule has 1 N–H and O–H groups in total. The molecule has 0 bridgehead atoms. The van der Waals surface area contributed by atoms with Gasteiger partial charge in [-0.2, -0.15) is 0 Å². The van der Waals surface area contributed by atoms with Crippen LogP contribution < -0.4 is 14.8 Å². The van der Waals surface area contributed by atoms with Crippen LogP contribution in [0.5, 0.6) is 11.5 Å². The van der Waals surface area contributed by atoms with Crippen LogP contribution in [0, 0.1) is 5.82 Å². The normalized spacial score (nSPS) is 12.2. The third-order valence-electron chi connectivity index (χ3n) is 3.48. The van der Waals surface area contributed by atoms with Gasteiger partial charge in [0, 0.05) is 13.0 Å². The molecule has 0 radical (unpaired) electrons. The number of fused-ring (bicyclic) bond motifs is 1. The van der Waals surface area contributed by atoms with Crippen LogP contribution in [0.25, 0.3) is 0 Å². The van der Waals surface area contributed by atoms with Gasteiger partial charge in [-0.1, -0.05) is 18.2 Å². The van der Waals surface area contributed by atoms with E-state index in [2.05, 4.69) is 5.32 Å². The number of hydrogen-bond acceptors (Lipinski definition) is 3. The Bertz CT molecular complexity index is 670. The summed E-state index contributed by atoms with van der Waals surface area (Å²) in [7, 11) is 0. The van der Waals surface area contributed by atoms with E-state index in [4.69, 9.17) is 9.47 Å². The van der Waals surface area contributed by atoms with E-state index in [-0.39, 0.29) is 18.5 Å². The second-order valence-corrected chi connectivity index (χ2v) is 5.09. The highest BCUT2D eigenvalue weighted by atomic mass is 19.1. The summed E-state index contributed by atoms with van der Waals surface area (Å²) in [6.45, 7) is 0.650. The molecule has 2 aromatic rings. The Balaban J connectivity index is 1.47. The molecule has 0 saturated carbocycles. The first-order valence-electron chi connectivity index (χ1n) is 7.10. The quantitative estimate of drug-likeness (QED) is 0.924. The Labute approximate surface area is 127 Å². The summed E-state index contributed by atoms with van der Waals surface area (Å²) in [6, 6.07) is 11.8. The predicted octanol–water partition coefficient (Wildman–Crippen LogP) is 2.80. The van der Waals surface area contributed by atoms with Crippen molar-refractivity contribution >= 4 is 5.91 Å². The van der Waals surface area contributed by atoms with Crippen LogP contribution in [0.1, 0.15) is 17.5 Å². The average Bonchev–Trinajstić information content (AvgIpc) is 3.00. The monoisotopic (exact) mass is 301 g/mol. The Kier molecular flexibility index (Phi) is 4.23. The molecule has 22 heavy (non-hydrogen) atoms. The smallest absolute Gasteiger partial charge is 0.231 e. The molecule has 2 aromatic carbocycles. The molecule has 0 fully saturated rings. The van der Waals surface area contributed by atoms with E-state index in [9.17, 15) is 9.18 Å². The molecule has 0 aliphatic carbocycles. The third kappa shape index (κ3) is 3.55. The van der Waals surface area contributed by atoms with Crippen LogP contribution >= 0.6 is 0 Å². The van der Waals surface area contributed by atoms with Crippen molar-refractivity contribution in [1.82, 2.24) is 5.32 Å². The van der Waals surface area contributed by atoms with Gasteiger partial charge in [-0.25, -0.2) is 4.39 Å². The van der Waals surface area contributed by atoms with Crippen molar-refractivity contribution in [2.75, 3.05) is 6.79 Å². The minimum absolute atomic E-state index is 0.0398. The number of carbonyl (C=O) groups is 1. The van der Waals surface area contributed by atoms with Gasteiger partial charge in [0.15, 0.2) is 11.5 Å². The minimum atomic E-state index is -0.280. The van der Waals surface area contributed by atoms with Crippen molar-refractivity contribution < 1.29 is 18.7 Å². The van der Waals surface area contributed by atoms with Gasteiger partial charge in [-0.15, -0.1) is 0 Å².